The van der Waals surface area contributed by atoms with E-state index in [0.29, 0.717) is 5.92 Å². The summed E-state index contributed by atoms with van der Waals surface area (Å²) in [7, 11) is 2.01. The van der Waals surface area contributed by atoms with Gasteiger partial charge in [-0.25, -0.2) is 4.98 Å². The van der Waals surface area contributed by atoms with Gasteiger partial charge in [-0.05, 0) is 43.0 Å². The van der Waals surface area contributed by atoms with E-state index in [4.69, 9.17) is 5.11 Å². The first-order valence-electron chi connectivity index (χ1n) is 6.96. The standard InChI is InChI=1S/C15H23N3O/c1-3-12(10-19)9-16-7-6-13-4-5-15-14(8-13)17-11-18(15)2/h4-5,8,11-12,16,19H,3,6-7,9-10H2,1-2H3. The Labute approximate surface area is 114 Å². The molecule has 0 bridgehead atoms. The molecule has 0 fully saturated rings. The monoisotopic (exact) mass is 261 g/mol. The molecule has 4 heteroatoms. The number of hydrogen-bond acceptors (Lipinski definition) is 3. The molecule has 19 heavy (non-hydrogen) atoms. The molecular formula is C15H23N3O. The van der Waals surface area contributed by atoms with Crippen LogP contribution in [0.4, 0.5) is 0 Å². The topological polar surface area (TPSA) is 50.1 Å². The highest BCUT2D eigenvalue weighted by Gasteiger charge is 2.04. The van der Waals surface area contributed by atoms with E-state index in [9.17, 15) is 0 Å². The number of rotatable bonds is 7. The minimum Gasteiger partial charge on any atom is -0.396 e. The van der Waals surface area contributed by atoms with Crippen LogP contribution in [0.15, 0.2) is 24.5 Å². The lowest BCUT2D eigenvalue weighted by molar-refractivity contribution is 0.219. The van der Waals surface area contributed by atoms with Gasteiger partial charge in [-0.2, -0.15) is 0 Å². The normalized spacial score (nSPS) is 13.0. The van der Waals surface area contributed by atoms with Gasteiger partial charge in [0.15, 0.2) is 0 Å². The lowest BCUT2D eigenvalue weighted by Crippen LogP contribution is -2.26. The molecule has 2 aromatic rings. The summed E-state index contributed by atoms with van der Waals surface area (Å²) in [6.45, 7) is 4.20. The molecule has 4 nitrogen and oxygen atoms in total. The second-order valence-electron chi connectivity index (χ2n) is 5.09. The van der Waals surface area contributed by atoms with Crippen LogP contribution in [0, 0.1) is 5.92 Å². The van der Waals surface area contributed by atoms with E-state index in [2.05, 4.69) is 35.4 Å². The molecule has 0 aliphatic carbocycles. The summed E-state index contributed by atoms with van der Waals surface area (Å²) in [6.07, 6.45) is 3.86. The number of hydrogen-bond donors (Lipinski definition) is 2. The van der Waals surface area contributed by atoms with Crippen molar-refractivity contribution < 1.29 is 5.11 Å². The van der Waals surface area contributed by atoms with Crippen molar-refractivity contribution in [2.75, 3.05) is 19.7 Å². The second kappa shape index (κ2) is 6.68. The first kappa shape index (κ1) is 14.0. The Morgan fingerprint density at radius 2 is 2.26 bits per heavy atom. The van der Waals surface area contributed by atoms with E-state index in [1.54, 1.807) is 0 Å². The van der Waals surface area contributed by atoms with Crippen LogP contribution in [0.25, 0.3) is 11.0 Å². The third-order valence-corrected chi connectivity index (χ3v) is 3.65. The molecule has 1 unspecified atom stereocenters. The minimum absolute atomic E-state index is 0.267. The highest BCUT2D eigenvalue weighted by molar-refractivity contribution is 5.75. The van der Waals surface area contributed by atoms with Crippen LogP contribution in [-0.2, 0) is 13.5 Å². The van der Waals surface area contributed by atoms with E-state index >= 15 is 0 Å². The van der Waals surface area contributed by atoms with Crippen LogP contribution in [-0.4, -0.2) is 34.4 Å². The number of fused-ring (bicyclic) bond motifs is 1. The summed E-state index contributed by atoms with van der Waals surface area (Å²) >= 11 is 0. The summed E-state index contributed by atoms with van der Waals surface area (Å²) in [5.74, 6) is 0.373. The maximum Gasteiger partial charge on any atom is 0.0955 e. The maximum absolute atomic E-state index is 9.11. The lowest BCUT2D eigenvalue weighted by atomic mass is 10.1. The van der Waals surface area contributed by atoms with Crippen molar-refractivity contribution in [1.82, 2.24) is 14.9 Å². The first-order valence-corrected chi connectivity index (χ1v) is 6.96. The molecule has 2 N–H and O–H groups in total. The van der Waals surface area contributed by atoms with Gasteiger partial charge >= 0.3 is 0 Å². The zero-order valence-corrected chi connectivity index (χ0v) is 11.8. The average Bonchev–Trinajstić information content (AvgIpc) is 2.80. The van der Waals surface area contributed by atoms with Gasteiger partial charge in [-0.3, -0.25) is 0 Å². The van der Waals surface area contributed by atoms with Crippen molar-refractivity contribution >= 4 is 11.0 Å². The Bertz CT molecular complexity index is 517. The van der Waals surface area contributed by atoms with Crippen LogP contribution in [0.5, 0.6) is 0 Å². The van der Waals surface area contributed by atoms with Crippen molar-refractivity contribution in [1.29, 1.82) is 0 Å². The molecule has 2 rings (SSSR count). The first-order chi connectivity index (χ1) is 9.24. The van der Waals surface area contributed by atoms with Gasteiger partial charge in [0, 0.05) is 20.2 Å². The average molecular weight is 261 g/mol. The number of benzene rings is 1. The van der Waals surface area contributed by atoms with Crippen LogP contribution < -0.4 is 5.32 Å². The molecule has 1 atom stereocenters. The van der Waals surface area contributed by atoms with Crippen LogP contribution >= 0.6 is 0 Å². The van der Waals surface area contributed by atoms with E-state index in [0.717, 1.165) is 31.4 Å². The molecule has 104 valence electrons. The number of aryl methyl sites for hydroxylation is 1. The van der Waals surface area contributed by atoms with Crippen molar-refractivity contribution in [3.63, 3.8) is 0 Å². The second-order valence-corrected chi connectivity index (χ2v) is 5.09. The summed E-state index contributed by atoms with van der Waals surface area (Å²) in [5.41, 5.74) is 3.53. The third kappa shape index (κ3) is 3.55. The highest BCUT2D eigenvalue weighted by Crippen LogP contribution is 2.14. The van der Waals surface area contributed by atoms with Crippen LogP contribution in [0.2, 0.25) is 0 Å². The molecule has 1 aromatic heterocycles. The molecule has 0 saturated carbocycles. The van der Waals surface area contributed by atoms with Gasteiger partial charge in [0.1, 0.15) is 0 Å². The van der Waals surface area contributed by atoms with Gasteiger partial charge in [0.25, 0.3) is 0 Å². The zero-order valence-electron chi connectivity index (χ0n) is 11.8. The quantitative estimate of drug-likeness (QED) is 0.746. The predicted octanol–water partition coefficient (Wildman–Crippen LogP) is 1.72. The van der Waals surface area contributed by atoms with Crippen molar-refractivity contribution in [3.8, 4) is 0 Å². The van der Waals surface area contributed by atoms with Gasteiger partial charge in [-0.15, -0.1) is 0 Å². The number of nitrogens with one attached hydrogen (secondary N) is 1. The van der Waals surface area contributed by atoms with Crippen molar-refractivity contribution in [2.45, 2.75) is 19.8 Å². The largest absolute Gasteiger partial charge is 0.396 e. The fourth-order valence-corrected chi connectivity index (χ4v) is 2.21. The molecule has 0 aliphatic heterocycles. The Morgan fingerprint density at radius 1 is 1.42 bits per heavy atom. The number of aromatic nitrogens is 2. The minimum atomic E-state index is 0.267. The van der Waals surface area contributed by atoms with Gasteiger partial charge < -0.3 is 15.0 Å². The molecule has 0 spiro atoms. The van der Waals surface area contributed by atoms with Crippen LogP contribution in [0.3, 0.4) is 0 Å². The molecule has 0 amide bonds. The highest BCUT2D eigenvalue weighted by atomic mass is 16.3. The molecule has 0 saturated heterocycles. The molecule has 0 aliphatic rings. The Morgan fingerprint density at radius 3 is 3.00 bits per heavy atom. The Hall–Kier alpha value is -1.39. The maximum atomic E-state index is 9.11. The SMILES string of the molecule is CCC(CO)CNCCc1ccc2c(c1)ncn2C. The van der Waals surface area contributed by atoms with E-state index < -0.39 is 0 Å². The molecular weight excluding hydrogens is 238 g/mol. The van der Waals surface area contributed by atoms with Crippen molar-refractivity contribution in [2.24, 2.45) is 13.0 Å². The smallest absolute Gasteiger partial charge is 0.0955 e. The van der Waals surface area contributed by atoms with E-state index in [1.807, 2.05) is 17.9 Å². The summed E-state index contributed by atoms with van der Waals surface area (Å²) in [5, 5.41) is 12.5. The molecule has 1 aromatic carbocycles. The molecule has 1 heterocycles. The number of aliphatic hydroxyl groups is 1. The summed E-state index contributed by atoms with van der Waals surface area (Å²) in [6, 6.07) is 6.44. The number of nitrogens with zero attached hydrogens (tertiary/aromatic N) is 2. The number of imidazole rings is 1. The van der Waals surface area contributed by atoms with Gasteiger partial charge in [0.05, 0.1) is 17.4 Å². The van der Waals surface area contributed by atoms with E-state index in [-0.39, 0.29) is 6.61 Å². The Kier molecular flexibility index (Phi) is 4.93. The van der Waals surface area contributed by atoms with Crippen LogP contribution in [0.1, 0.15) is 18.9 Å². The van der Waals surface area contributed by atoms with Gasteiger partial charge in [0.2, 0.25) is 0 Å². The third-order valence-electron chi connectivity index (χ3n) is 3.65. The lowest BCUT2D eigenvalue weighted by Gasteiger charge is -2.12. The molecule has 0 radical (unpaired) electrons. The van der Waals surface area contributed by atoms with Crippen molar-refractivity contribution in [3.05, 3.63) is 30.1 Å². The summed E-state index contributed by atoms with van der Waals surface area (Å²) in [4.78, 5) is 4.37. The fraction of sp³-hybridized carbons (Fsp3) is 0.533. The van der Waals surface area contributed by atoms with Gasteiger partial charge in [-0.1, -0.05) is 13.0 Å². The number of aliphatic hydroxyl groups excluding tert-OH is 1. The zero-order chi connectivity index (χ0) is 13.7. The predicted molar refractivity (Wildman–Crippen MR) is 78.2 cm³/mol. The van der Waals surface area contributed by atoms with E-state index in [1.165, 1.54) is 11.1 Å². The fourth-order valence-electron chi connectivity index (χ4n) is 2.21. The summed E-state index contributed by atoms with van der Waals surface area (Å²) < 4.78 is 2.03. The Balaban J connectivity index is 1.84.